The number of halogens is 1. The van der Waals surface area contributed by atoms with Gasteiger partial charge in [-0.15, -0.1) is 0 Å². The fourth-order valence-electron chi connectivity index (χ4n) is 2.02. The molecule has 2 rings (SSSR count). The van der Waals surface area contributed by atoms with E-state index in [4.69, 9.17) is 0 Å². The van der Waals surface area contributed by atoms with Crippen LogP contribution >= 0.6 is 15.9 Å². The molecule has 0 saturated heterocycles. The van der Waals surface area contributed by atoms with Crippen LogP contribution in [-0.4, -0.2) is 14.7 Å². The molecule has 0 aromatic heterocycles. The van der Waals surface area contributed by atoms with Crippen LogP contribution in [0.15, 0.2) is 57.9 Å². The molecule has 0 fully saturated rings. The fourth-order valence-corrected chi connectivity index (χ4v) is 3.07. The normalized spacial score (nSPS) is 13.1. The Balaban J connectivity index is 2.00. The molecule has 2 aromatic carbocycles. The first-order chi connectivity index (χ1) is 9.86. The molecule has 0 amide bonds. The molecule has 0 bridgehead atoms. The molecule has 1 unspecified atom stereocenters. The van der Waals surface area contributed by atoms with Gasteiger partial charge in [0.05, 0.1) is 4.90 Å². The average molecular weight is 368 g/mol. The van der Waals surface area contributed by atoms with E-state index in [-0.39, 0.29) is 6.04 Å². The van der Waals surface area contributed by atoms with E-state index in [1.54, 1.807) is 12.1 Å². The predicted octanol–water partition coefficient (Wildman–Crippen LogP) is 3.70. The lowest BCUT2D eigenvalue weighted by Gasteiger charge is -2.15. The second-order valence-corrected chi connectivity index (χ2v) is 8.01. The molecule has 0 saturated carbocycles. The molecule has 1 N–H and O–H groups in total. The van der Waals surface area contributed by atoms with E-state index >= 15 is 0 Å². The zero-order valence-corrected chi connectivity index (χ0v) is 14.4. The van der Waals surface area contributed by atoms with Crippen LogP contribution in [0.2, 0.25) is 0 Å². The first-order valence-electron chi connectivity index (χ1n) is 6.64. The second kappa shape index (κ2) is 6.73. The van der Waals surface area contributed by atoms with Crippen LogP contribution in [-0.2, 0) is 16.4 Å². The van der Waals surface area contributed by atoms with Gasteiger partial charge in [-0.05, 0) is 42.3 Å². The van der Waals surface area contributed by atoms with Crippen molar-refractivity contribution in [3.05, 3.63) is 64.1 Å². The molecule has 0 aliphatic heterocycles. The van der Waals surface area contributed by atoms with Crippen LogP contribution in [0, 0.1) is 0 Å². The van der Waals surface area contributed by atoms with E-state index in [0.29, 0.717) is 11.4 Å². The Hall–Kier alpha value is -1.17. The zero-order chi connectivity index (χ0) is 15.5. The molecule has 5 heteroatoms. The maximum atomic E-state index is 11.4. The Morgan fingerprint density at radius 1 is 1.14 bits per heavy atom. The highest BCUT2D eigenvalue weighted by Crippen LogP contribution is 2.18. The van der Waals surface area contributed by atoms with Crippen LogP contribution in [0.25, 0.3) is 0 Å². The minimum Gasteiger partial charge on any atom is -0.306 e. The lowest BCUT2D eigenvalue weighted by atomic mass is 10.1. The van der Waals surface area contributed by atoms with Gasteiger partial charge in [0, 0.05) is 23.3 Å². The van der Waals surface area contributed by atoms with E-state index in [2.05, 4.69) is 40.3 Å². The van der Waals surface area contributed by atoms with Crippen molar-refractivity contribution in [3.8, 4) is 0 Å². The van der Waals surface area contributed by atoms with E-state index in [1.165, 1.54) is 11.8 Å². The molecule has 112 valence electrons. The van der Waals surface area contributed by atoms with Crippen molar-refractivity contribution in [3.63, 3.8) is 0 Å². The maximum absolute atomic E-state index is 11.4. The summed E-state index contributed by atoms with van der Waals surface area (Å²) in [6, 6.07) is 15.4. The number of hydrogen-bond donors (Lipinski definition) is 1. The monoisotopic (exact) mass is 367 g/mol. The molecule has 0 aliphatic carbocycles. The Morgan fingerprint density at radius 2 is 1.81 bits per heavy atom. The van der Waals surface area contributed by atoms with Crippen LogP contribution in [0.1, 0.15) is 24.1 Å². The number of nitrogens with one attached hydrogen (secondary N) is 1. The molecular weight excluding hydrogens is 350 g/mol. The zero-order valence-electron chi connectivity index (χ0n) is 12.0. The topological polar surface area (TPSA) is 46.2 Å². The fraction of sp³-hybridized carbons (Fsp3) is 0.250. The minimum atomic E-state index is -3.12. The summed E-state index contributed by atoms with van der Waals surface area (Å²) in [7, 11) is -3.12. The summed E-state index contributed by atoms with van der Waals surface area (Å²) in [5.74, 6) is 0. The lowest BCUT2D eigenvalue weighted by molar-refractivity contribution is 0.574. The Bertz CT molecular complexity index is 711. The maximum Gasteiger partial charge on any atom is 0.175 e. The van der Waals surface area contributed by atoms with Crippen LogP contribution in [0.4, 0.5) is 0 Å². The van der Waals surface area contributed by atoms with Gasteiger partial charge in [0.1, 0.15) is 0 Å². The largest absolute Gasteiger partial charge is 0.306 e. The van der Waals surface area contributed by atoms with E-state index in [1.807, 2.05) is 24.3 Å². The average Bonchev–Trinajstić information content (AvgIpc) is 2.44. The van der Waals surface area contributed by atoms with Gasteiger partial charge in [-0.25, -0.2) is 8.42 Å². The third-order valence-electron chi connectivity index (χ3n) is 3.31. The number of rotatable bonds is 5. The van der Waals surface area contributed by atoms with E-state index < -0.39 is 9.84 Å². The van der Waals surface area contributed by atoms with E-state index in [9.17, 15) is 8.42 Å². The van der Waals surface area contributed by atoms with Crippen molar-refractivity contribution in [2.45, 2.75) is 24.4 Å². The quantitative estimate of drug-likeness (QED) is 0.875. The molecule has 0 aliphatic rings. The highest BCUT2D eigenvalue weighted by Gasteiger charge is 2.08. The first kappa shape index (κ1) is 16.2. The molecule has 0 radical (unpaired) electrons. The van der Waals surface area contributed by atoms with Gasteiger partial charge < -0.3 is 5.32 Å². The molecule has 0 spiro atoms. The summed E-state index contributed by atoms with van der Waals surface area (Å²) in [6.45, 7) is 2.80. The van der Waals surface area contributed by atoms with Gasteiger partial charge in [0.15, 0.2) is 9.84 Å². The molecule has 0 heterocycles. The van der Waals surface area contributed by atoms with Gasteiger partial charge in [0.2, 0.25) is 0 Å². The van der Waals surface area contributed by atoms with Crippen LogP contribution < -0.4 is 5.32 Å². The number of sulfone groups is 1. The smallest absolute Gasteiger partial charge is 0.175 e. The summed E-state index contributed by atoms with van der Waals surface area (Å²) in [5, 5.41) is 3.43. The van der Waals surface area contributed by atoms with Gasteiger partial charge >= 0.3 is 0 Å². The highest BCUT2D eigenvalue weighted by atomic mass is 79.9. The number of benzene rings is 2. The Morgan fingerprint density at radius 3 is 2.38 bits per heavy atom. The third kappa shape index (κ3) is 4.66. The minimum absolute atomic E-state index is 0.220. The number of hydrogen-bond acceptors (Lipinski definition) is 3. The summed E-state index contributed by atoms with van der Waals surface area (Å²) in [4.78, 5) is 0.353. The molecule has 1 atom stereocenters. The summed E-state index contributed by atoms with van der Waals surface area (Å²) in [5.41, 5.74) is 2.27. The van der Waals surface area contributed by atoms with Gasteiger partial charge in [0.25, 0.3) is 0 Å². The van der Waals surface area contributed by atoms with Crippen LogP contribution in [0.5, 0.6) is 0 Å². The molecule has 21 heavy (non-hydrogen) atoms. The summed E-state index contributed by atoms with van der Waals surface area (Å²) < 4.78 is 23.9. The third-order valence-corrected chi connectivity index (χ3v) is 4.93. The Kier molecular flexibility index (Phi) is 5.19. The lowest BCUT2D eigenvalue weighted by Crippen LogP contribution is -2.18. The van der Waals surface area contributed by atoms with Crippen molar-refractivity contribution in [2.75, 3.05) is 6.26 Å². The SMILES string of the molecule is CC(NCc1ccc(S(C)(=O)=O)cc1)c1cccc(Br)c1. The standard InChI is InChI=1S/C16H18BrNO2S/c1-12(14-4-3-5-15(17)10-14)18-11-13-6-8-16(9-7-13)21(2,19)20/h3-10,12,18H,11H2,1-2H3. The molecule has 2 aromatic rings. The van der Waals surface area contributed by atoms with Gasteiger partial charge in [-0.1, -0.05) is 40.2 Å². The van der Waals surface area contributed by atoms with Crippen molar-refractivity contribution >= 4 is 25.8 Å². The van der Waals surface area contributed by atoms with Crippen molar-refractivity contribution < 1.29 is 8.42 Å². The highest BCUT2D eigenvalue weighted by molar-refractivity contribution is 9.10. The second-order valence-electron chi connectivity index (χ2n) is 5.07. The summed E-state index contributed by atoms with van der Waals surface area (Å²) in [6.07, 6.45) is 1.22. The Labute approximate surface area is 134 Å². The summed E-state index contributed by atoms with van der Waals surface area (Å²) >= 11 is 3.47. The van der Waals surface area contributed by atoms with E-state index in [0.717, 1.165) is 10.0 Å². The first-order valence-corrected chi connectivity index (χ1v) is 9.32. The molecule has 3 nitrogen and oxygen atoms in total. The predicted molar refractivity (Wildman–Crippen MR) is 88.9 cm³/mol. The molecular formula is C16H18BrNO2S. The van der Waals surface area contributed by atoms with Crippen LogP contribution in [0.3, 0.4) is 0 Å². The van der Waals surface area contributed by atoms with Crippen molar-refractivity contribution in [2.24, 2.45) is 0 Å². The van der Waals surface area contributed by atoms with Gasteiger partial charge in [-0.3, -0.25) is 0 Å². The van der Waals surface area contributed by atoms with Crippen molar-refractivity contribution in [1.82, 2.24) is 5.32 Å². The van der Waals surface area contributed by atoms with Gasteiger partial charge in [-0.2, -0.15) is 0 Å². The van der Waals surface area contributed by atoms with Crippen molar-refractivity contribution in [1.29, 1.82) is 0 Å².